The van der Waals surface area contributed by atoms with Crippen molar-refractivity contribution in [3.8, 4) is 17.1 Å². The van der Waals surface area contributed by atoms with Gasteiger partial charge < -0.3 is 14.2 Å². The number of benzene rings is 1. The third-order valence-electron chi connectivity index (χ3n) is 5.59. The van der Waals surface area contributed by atoms with Gasteiger partial charge in [0.15, 0.2) is 9.84 Å². The van der Waals surface area contributed by atoms with Gasteiger partial charge in [0, 0.05) is 50.7 Å². The van der Waals surface area contributed by atoms with Crippen LogP contribution in [0.3, 0.4) is 0 Å². The third kappa shape index (κ3) is 4.53. The Kier molecular flexibility index (Phi) is 5.65. The van der Waals surface area contributed by atoms with E-state index in [1.807, 2.05) is 24.3 Å². The molecular formula is C19H26N4O4S. The lowest BCUT2D eigenvalue weighted by molar-refractivity contribution is 0.104. The van der Waals surface area contributed by atoms with Crippen LogP contribution in [0.25, 0.3) is 11.4 Å². The molecule has 3 heterocycles. The van der Waals surface area contributed by atoms with E-state index in [4.69, 9.17) is 9.26 Å². The van der Waals surface area contributed by atoms with Crippen molar-refractivity contribution in [1.29, 1.82) is 0 Å². The van der Waals surface area contributed by atoms with E-state index in [-0.39, 0.29) is 6.04 Å². The first-order valence-electron chi connectivity index (χ1n) is 9.66. The number of hydrogen-bond donors (Lipinski definition) is 0. The molecule has 1 aromatic heterocycles. The molecule has 0 aliphatic carbocycles. The lowest BCUT2D eigenvalue weighted by Crippen LogP contribution is -2.51. The second-order valence-electron chi connectivity index (χ2n) is 7.42. The summed E-state index contributed by atoms with van der Waals surface area (Å²) in [5, 5.41) is 4.07. The molecule has 1 aromatic carbocycles. The van der Waals surface area contributed by atoms with Crippen LogP contribution in [0.1, 0.15) is 12.3 Å². The maximum Gasteiger partial charge on any atom is 0.228 e. The highest BCUT2D eigenvalue weighted by Crippen LogP contribution is 2.21. The molecule has 4 rings (SSSR count). The highest BCUT2D eigenvalue weighted by molar-refractivity contribution is 7.91. The Balaban J connectivity index is 1.25. The molecular weight excluding hydrogens is 380 g/mol. The number of sulfone groups is 1. The molecule has 1 atom stereocenters. The first-order valence-corrected chi connectivity index (χ1v) is 11.5. The first-order chi connectivity index (χ1) is 13.5. The number of nitrogens with zero attached hydrogens (tertiary/aromatic N) is 4. The first kappa shape index (κ1) is 19.4. The Labute approximate surface area is 165 Å². The van der Waals surface area contributed by atoms with Crippen LogP contribution in [0.4, 0.5) is 0 Å². The summed E-state index contributed by atoms with van der Waals surface area (Å²) in [6, 6.07) is 7.78. The molecule has 152 valence electrons. The Morgan fingerprint density at radius 1 is 1.18 bits per heavy atom. The van der Waals surface area contributed by atoms with Gasteiger partial charge in [-0.05, 0) is 30.7 Å². The number of methoxy groups -OCH3 is 1. The number of aromatic nitrogens is 2. The molecule has 2 aliphatic rings. The Hall–Kier alpha value is -1.97. The molecule has 2 fully saturated rings. The van der Waals surface area contributed by atoms with E-state index in [0.29, 0.717) is 29.6 Å². The smallest absolute Gasteiger partial charge is 0.228 e. The number of ether oxygens (including phenoxy) is 1. The number of rotatable bonds is 6. The zero-order valence-electron chi connectivity index (χ0n) is 16.1. The molecule has 0 N–H and O–H groups in total. The van der Waals surface area contributed by atoms with Crippen molar-refractivity contribution in [2.45, 2.75) is 18.9 Å². The quantitative estimate of drug-likeness (QED) is 0.704. The van der Waals surface area contributed by atoms with Gasteiger partial charge in [0.2, 0.25) is 11.7 Å². The van der Waals surface area contributed by atoms with Gasteiger partial charge in [0.25, 0.3) is 0 Å². The molecule has 2 aromatic rings. The van der Waals surface area contributed by atoms with Crippen LogP contribution in [0.5, 0.6) is 5.75 Å². The summed E-state index contributed by atoms with van der Waals surface area (Å²) in [6.45, 7) is 4.58. The van der Waals surface area contributed by atoms with Gasteiger partial charge in [-0.3, -0.25) is 4.90 Å². The van der Waals surface area contributed by atoms with E-state index >= 15 is 0 Å². The minimum absolute atomic E-state index is 0.204. The van der Waals surface area contributed by atoms with Crippen molar-refractivity contribution in [3.63, 3.8) is 0 Å². The second kappa shape index (κ2) is 8.18. The monoisotopic (exact) mass is 406 g/mol. The number of hydrogen-bond acceptors (Lipinski definition) is 8. The standard InChI is InChI=1S/C19H26N4O4S/c1-26-17-4-2-15(3-5-17)19-20-18(27-21-19)6-8-22-9-11-23(12-10-22)16-7-13-28(24,25)14-16/h2-5,16H,6-14H2,1H3/t16-/m1/s1. The van der Waals surface area contributed by atoms with E-state index in [0.717, 1.165) is 50.5 Å². The molecule has 2 aliphatic heterocycles. The minimum atomic E-state index is -2.82. The molecule has 0 saturated carbocycles. The molecule has 0 bridgehead atoms. The fraction of sp³-hybridized carbons (Fsp3) is 0.579. The van der Waals surface area contributed by atoms with Crippen LogP contribution in [0.2, 0.25) is 0 Å². The molecule has 9 heteroatoms. The van der Waals surface area contributed by atoms with Crippen LogP contribution in [-0.4, -0.2) is 85.7 Å². The topological polar surface area (TPSA) is 88.8 Å². The summed E-state index contributed by atoms with van der Waals surface area (Å²) in [4.78, 5) is 9.19. The second-order valence-corrected chi connectivity index (χ2v) is 9.65. The van der Waals surface area contributed by atoms with Gasteiger partial charge in [-0.15, -0.1) is 0 Å². The highest BCUT2D eigenvalue weighted by atomic mass is 32.2. The van der Waals surface area contributed by atoms with Crippen molar-refractivity contribution in [2.75, 3.05) is 51.3 Å². The fourth-order valence-electron chi connectivity index (χ4n) is 3.88. The molecule has 0 spiro atoms. The largest absolute Gasteiger partial charge is 0.497 e. The lowest BCUT2D eigenvalue weighted by atomic mass is 10.2. The highest BCUT2D eigenvalue weighted by Gasteiger charge is 2.33. The Morgan fingerprint density at radius 3 is 2.57 bits per heavy atom. The molecule has 0 amide bonds. The summed E-state index contributed by atoms with van der Waals surface area (Å²) >= 11 is 0. The zero-order valence-corrected chi connectivity index (χ0v) is 16.9. The van der Waals surface area contributed by atoms with Crippen molar-refractivity contribution in [1.82, 2.24) is 19.9 Å². The average molecular weight is 407 g/mol. The molecule has 28 heavy (non-hydrogen) atoms. The molecule has 2 saturated heterocycles. The summed E-state index contributed by atoms with van der Waals surface area (Å²) in [5.74, 6) is 2.68. The Bertz CT molecular complexity index is 889. The van der Waals surface area contributed by atoms with Crippen LogP contribution < -0.4 is 4.74 Å². The van der Waals surface area contributed by atoms with E-state index in [2.05, 4.69) is 19.9 Å². The average Bonchev–Trinajstić information content (AvgIpc) is 3.33. The number of piperazine rings is 1. The van der Waals surface area contributed by atoms with Crippen LogP contribution in [0, 0.1) is 0 Å². The molecule has 0 radical (unpaired) electrons. The van der Waals surface area contributed by atoms with Crippen LogP contribution in [-0.2, 0) is 16.3 Å². The van der Waals surface area contributed by atoms with Crippen LogP contribution >= 0.6 is 0 Å². The maximum absolute atomic E-state index is 11.7. The van der Waals surface area contributed by atoms with Crippen molar-refractivity contribution >= 4 is 9.84 Å². The zero-order chi connectivity index (χ0) is 19.6. The fourth-order valence-corrected chi connectivity index (χ4v) is 5.64. The lowest BCUT2D eigenvalue weighted by Gasteiger charge is -2.37. The minimum Gasteiger partial charge on any atom is -0.497 e. The van der Waals surface area contributed by atoms with Crippen molar-refractivity contribution in [3.05, 3.63) is 30.2 Å². The van der Waals surface area contributed by atoms with Crippen molar-refractivity contribution in [2.24, 2.45) is 0 Å². The van der Waals surface area contributed by atoms with Gasteiger partial charge in [0.1, 0.15) is 5.75 Å². The summed E-state index contributed by atoms with van der Waals surface area (Å²) in [7, 11) is -1.18. The normalized spacial score (nSPS) is 23.1. The summed E-state index contributed by atoms with van der Waals surface area (Å²) in [5.41, 5.74) is 0.899. The van der Waals surface area contributed by atoms with Crippen molar-refractivity contribution < 1.29 is 17.7 Å². The van der Waals surface area contributed by atoms with Gasteiger partial charge in [-0.25, -0.2) is 8.42 Å². The van der Waals surface area contributed by atoms with E-state index in [9.17, 15) is 8.42 Å². The predicted octanol–water partition coefficient (Wildman–Crippen LogP) is 1.09. The van der Waals surface area contributed by atoms with Gasteiger partial charge in [-0.1, -0.05) is 5.16 Å². The van der Waals surface area contributed by atoms with E-state index in [1.54, 1.807) is 7.11 Å². The van der Waals surface area contributed by atoms with Gasteiger partial charge in [-0.2, -0.15) is 4.98 Å². The Morgan fingerprint density at radius 2 is 1.93 bits per heavy atom. The SMILES string of the molecule is COc1ccc(-c2noc(CCN3CCN([C@@H]4CCS(=O)(=O)C4)CC3)n2)cc1. The third-order valence-corrected chi connectivity index (χ3v) is 7.34. The molecule has 8 nitrogen and oxygen atoms in total. The predicted molar refractivity (Wildman–Crippen MR) is 105 cm³/mol. The summed E-state index contributed by atoms with van der Waals surface area (Å²) in [6.07, 6.45) is 1.49. The van der Waals surface area contributed by atoms with Gasteiger partial charge in [0.05, 0.1) is 18.6 Å². The molecule has 0 unspecified atom stereocenters. The van der Waals surface area contributed by atoms with Gasteiger partial charge >= 0.3 is 0 Å². The summed E-state index contributed by atoms with van der Waals surface area (Å²) < 4.78 is 33.9. The maximum atomic E-state index is 11.7. The van der Waals surface area contributed by atoms with Crippen LogP contribution in [0.15, 0.2) is 28.8 Å². The van der Waals surface area contributed by atoms with E-state index in [1.165, 1.54) is 0 Å². The van der Waals surface area contributed by atoms with E-state index < -0.39 is 9.84 Å².